The summed E-state index contributed by atoms with van der Waals surface area (Å²) < 4.78 is 43.6. The fourth-order valence-corrected chi connectivity index (χ4v) is 2.03. The molecule has 0 radical (unpaired) electrons. The average Bonchev–Trinajstić information content (AvgIpc) is 3.09. The molecule has 2 heterocycles. The third-order valence-electron chi connectivity index (χ3n) is 3.22. The molecule has 126 valence electrons. The van der Waals surface area contributed by atoms with Gasteiger partial charge in [-0.2, -0.15) is 18.3 Å². The number of carbonyl (C=O) groups excluding carboxylic acids is 1. The first-order valence-corrected chi connectivity index (χ1v) is 6.84. The zero-order valence-corrected chi connectivity index (χ0v) is 12.7. The molecule has 0 saturated heterocycles. The van der Waals surface area contributed by atoms with E-state index in [1.165, 1.54) is 6.26 Å². The Morgan fingerprint density at radius 1 is 1.43 bits per heavy atom. The largest absolute Gasteiger partial charge is 0.468 e. The number of aromatic nitrogens is 2. The van der Waals surface area contributed by atoms with Gasteiger partial charge in [0.1, 0.15) is 12.3 Å². The van der Waals surface area contributed by atoms with Crippen molar-refractivity contribution in [3.8, 4) is 0 Å². The Labute approximate surface area is 130 Å². The van der Waals surface area contributed by atoms with Crippen LogP contribution >= 0.6 is 0 Å². The van der Waals surface area contributed by atoms with E-state index in [-0.39, 0.29) is 19.1 Å². The van der Waals surface area contributed by atoms with E-state index in [2.05, 4.69) is 10.4 Å². The van der Waals surface area contributed by atoms with Crippen molar-refractivity contribution < 1.29 is 22.4 Å². The zero-order valence-electron chi connectivity index (χ0n) is 12.7. The highest BCUT2D eigenvalue weighted by atomic mass is 19.4. The van der Waals surface area contributed by atoms with Crippen molar-refractivity contribution >= 4 is 5.91 Å². The van der Waals surface area contributed by atoms with Crippen LogP contribution < -0.4 is 5.32 Å². The highest BCUT2D eigenvalue weighted by molar-refractivity contribution is 5.75. The highest BCUT2D eigenvalue weighted by Gasteiger charge is 2.33. The third-order valence-corrected chi connectivity index (χ3v) is 3.22. The maximum atomic E-state index is 12.4. The second-order valence-corrected chi connectivity index (χ2v) is 5.20. The summed E-state index contributed by atoms with van der Waals surface area (Å²) in [4.78, 5) is 13.7. The number of amides is 1. The topological polar surface area (TPSA) is 63.3 Å². The number of nitrogens with one attached hydrogen (secondary N) is 1. The monoisotopic (exact) mass is 330 g/mol. The minimum atomic E-state index is -4.52. The number of likely N-dealkylation sites (N-methyl/N-ethyl adjacent to an activating group) is 1. The lowest BCUT2D eigenvalue weighted by Crippen LogP contribution is -2.36. The normalized spacial score (nSPS) is 13.3. The third kappa shape index (κ3) is 4.59. The molecule has 1 amide bonds. The van der Waals surface area contributed by atoms with Gasteiger partial charge in [-0.05, 0) is 32.3 Å². The number of alkyl halides is 3. The Hall–Kier alpha value is -2.29. The van der Waals surface area contributed by atoms with Crippen molar-refractivity contribution in [3.63, 3.8) is 0 Å². The summed E-state index contributed by atoms with van der Waals surface area (Å²) in [5.41, 5.74) is -1.02. The lowest BCUT2D eigenvalue weighted by molar-refractivity contribution is -0.141. The van der Waals surface area contributed by atoms with Crippen molar-refractivity contribution in [2.75, 3.05) is 20.6 Å². The molecule has 2 aromatic rings. The summed E-state index contributed by atoms with van der Waals surface area (Å²) in [6.07, 6.45) is -1.86. The lowest BCUT2D eigenvalue weighted by atomic mass is 10.2. The van der Waals surface area contributed by atoms with Gasteiger partial charge in [0.25, 0.3) is 0 Å². The molecule has 1 unspecified atom stereocenters. The number of hydrogen-bond donors (Lipinski definition) is 1. The first-order valence-electron chi connectivity index (χ1n) is 6.84. The van der Waals surface area contributed by atoms with Crippen LogP contribution in [0.2, 0.25) is 0 Å². The van der Waals surface area contributed by atoms with Gasteiger partial charge >= 0.3 is 6.18 Å². The Kier molecular flexibility index (Phi) is 5.09. The van der Waals surface area contributed by atoms with Gasteiger partial charge in [0, 0.05) is 12.7 Å². The van der Waals surface area contributed by atoms with Crippen LogP contribution in [0.15, 0.2) is 35.1 Å². The van der Waals surface area contributed by atoms with Crippen LogP contribution in [0, 0.1) is 0 Å². The summed E-state index contributed by atoms with van der Waals surface area (Å²) in [7, 11) is 3.67. The second-order valence-electron chi connectivity index (χ2n) is 5.20. The maximum Gasteiger partial charge on any atom is 0.435 e. The molecule has 2 aromatic heterocycles. The number of halogens is 3. The molecule has 0 bridgehead atoms. The van der Waals surface area contributed by atoms with Crippen molar-refractivity contribution in [1.82, 2.24) is 20.0 Å². The van der Waals surface area contributed by atoms with Crippen LogP contribution in [0.25, 0.3) is 0 Å². The predicted molar refractivity (Wildman–Crippen MR) is 75.4 cm³/mol. The molecule has 0 aliphatic carbocycles. The van der Waals surface area contributed by atoms with Gasteiger partial charge in [-0.1, -0.05) is 0 Å². The quantitative estimate of drug-likeness (QED) is 0.879. The average molecular weight is 330 g/mol. The smallest absolute Gasteiger partial charge is 0.435 e. The van der Waals surface area contributed by atoms with Crippen LogP contribution in [0.1, 0.15) is 17.5 Å². The Bertz CT molecular complexity index is 635. The molecule has 6 nitrogen and oxygen atoms in total. The molecular weight excluding hydrogens is 313 g/mol. The number of furan rings is 1. The van der Waals surface area contributed by atoms with Gasteiger partial charge in [0.2, 0.25) is 5.91 Å². The van der Waals surface area contributed by atoms with E-state index in [1.807, 2.05) is 19.0 Å². The van der Waals surface area contributed by atoms with E-state index in [1.54, 1.807) is 12.1 Å². The first kappa shape index (κ1) is 17.1. The van der Waals surface area contributed by atoms with E-state index in [0.717, 1.165) is 16.9 Å². The first-order chi connectivity index (χ1) is 10.8. The molecule has 2 rings (SSSR count). The SMILES string of the molecule is CN(C)C(CNC(=O)Cn1ccc(C(F)(F)F)n1)c1ccco1. The summed E-state index contributed by atoms with van der Waals surface area (Å²) in [5.74, 6) is 0.258. The lowest BCUT2D eigenvalue weighted by Gasteiger charge is -2.22. The molecule has 0 spiro atoms. The molecule has 0 saturated carbocycles. The maximum absolute atomic E-state index is 12.4. The molecular formula is C14H17F3N4O2. The summed E-state index contributed by atoms with van der Waals surface area (Å²) >= 11 is 0. The van der Waals surface area contributed by atoms with Crippen molar-refractivity contribution in [1.29, 1.82) is 0 Å². The standard InChI is InChI=1S/C14H17F3N4O2/c1-20(2)10(11-4-3-7-23-11)8-18-13(22)9-21-6-5-12(19-21)14(15,16)17/h3-7,10H,8-9H2,1-2H3,(H,18,22). The van der Waals surface area contributed by atoms with Crippen LogP contribution in [-0.2, 0) is 17.5 Å². The number of carbonyl (C=O) groups is 1. The fraction of sp³-hybridized carbons (Fsp3) is 0.429. The van der Waals surface area contributed by atoms with Crippen molar-refractivity contribution in [3.05, 3.63) is 42.1 Å². The summed E-state index contributed by atoms with van der Waals surface area (Å²) in [6, 6.07) is 4.20. The molecule has 0 aliphatic rings. The second kappa shape index (κ2) is 6.86. The molecule has 1 atom stereocenters. The Balaban J connectivity index is 1.90. The van der Waals surface area contributed by atoms with Gasteiger partial charge in [-0.15, -0.1) is 0 Å². The number of rotatable bonds is 6. The van der Waals surface area contributed by atoms with Crippen LogP contribution in [0.4, 0.5) is 13.2 Å². The summed E-state index contributed by atoms with van der Waals surface area (Å²) in [6.45, 7) is -0.0128. The molecule has 0 aliphatic heterocycles. The number of hydrogen-bond acceptors (Lipinski definition) is 4. The fourth-order valence-electron chi connectivity index (χ4n) is 2.03. The Morgan fingerprint density at radius 3 is 2.70 bits per heavy atom. The highest BCUT2D eigenvalue weighted by Crippen LogP contribution is 2.27. The van der Waals surface area contributed by atoms with Crippen molar-refractivity contribution in [2.45, 2.75) is 18.8 Å². The van der Waals surface area contributed by atoms with Crippen LogP contribution in [0.5, 0.6) is 0 Å². The van der Waals surface area contributed by atoms with E-state index in [9.17, 15) is 18.0 Å². The van der Waals surface area contributed by atoms with Crippen LogP contribution in [0.3, 0.4) is 0 Å². The minimum Gasteiger partial charge on any atom is -0.468 e. The van der Waals surface area contributed by atoms with Gasteiger partial charge in [0.15, 0.2) is 5.69 Å². The van der Waals surface area contributed by atoms with Gasteiger partial charge in [-0.25, -0.2) is 0 Å². The van der Waals surface area contributed by atoms with E-state index in [4.69, 9.17) is 4.42 Å². The molecule has 0 fully saturated rings. The molecule has 9 heteroatoms. The van der Waals surface area contributed by atoms with Crippen molar-refractivity contribution in [2.24, 2.45) is 0 Å². The molecule has 0 aromatic carbocycles. The minimum absolute atomic E-state index is 0.169. The van der Waals surface area contributed by atoms with Gasteiger partial charge < -0.3 is 9.73 Å². The molecule has 1 N–H and O–H groups in total. The predicted octanol–water partition coefficient (Wildman–Crippen LogP) is 1.91. The van der Waals surface area contributed by atoms with Gasteiger partial charge in [0.05, 0.1) is 12.3 Å². The molecule has 23 heavy (non-hydrogen) atoms. The van der Waals surface area contributed by atoms with E-state index >= 15 is 0 Å². The number of nitrogens with zero attached hydrogens (tertiary/aromatic N) is 3. The zero-order chi connectivity index (χ0) is 17.0. The Morgan fingerprint density at radius 2 is 2.17 bits per heavy atom. The van der Waals surface area contributed by atoms with E-state index in [0.29, 0.717) is 5.76 Å². The van der Waals surface area contributed by atoms with E-state index < -0.39 is 17.8 Å². The van der Waals surface area contributed by atoms with Crippen LogP contribution in [-0.4, -0.2) is 41.2 Å². The summed E-state index contributed by atoms with van der Waals surface area (Å²) in [5, 5.41) is 6.00. The van der Waals surface area contributed by atoms with Gasteiger partial charge in [-0.3, -0.25) is 14.4 Å².